The fourth-order valence-electron chi connectivity index (χ4n) is 0.946. The first-order chi connectivity index (χ1) is 6.85. The molecule has 4 N–H and O–H groups in total. The van der Waals surface area contributed by atoms with Crippen molar-refractivity contribution >= 4 is 5.82 Å². The normalized spacial score (nSPS) is 11.5. The highest BCUT2D eigenvalue weighted by atomic mass is 19.4. The average Bonchev–Trinajstić information content (AvgIpc) is 2.10. The van der Waals surface area contributed by atoms with Crippen molar-refractivity contribution in [3.63, 3.8) is 0 Å². The third kappa shape index (κ3) is 2.69. The Morgan fingerprint density at radius 1 is 1.40 bits per heavy atom. The molecule has 0 fully saturated rings. The maximum Gasteiger partial charge on any atom is 0.573 e. The van der Waals surface area contributed by atoms with Gasteiger partial charge in [0.15, 0.2) is 11.6 Å². The van der Waals surface area contributed by atoms with Crippen molar-refractivity contribution in [2.45, 2.75) is 12.9 Å². The van der Waals surface area contributed by atoms with Crippen molar-refractivity contribution in [1.82, 2.24) is 4.98 Å². The first kappa shape index (κ1) is 11.5. The zero-order valence-electron chi connectivity index (χ0n) is 7.31. The van der Waals surface area contributed by atoms with Gasteiger partial charge in [0.05, 0.1) is 6.20 Å². The number of nitrogens with two attached hydrogens (primary N) is 2. The Balaban J connectivity index is 3.20. The van der Waals surface area contributed by atoms with E-state index < -0.39 is 35.9 Å². The second kappa shape index (κ2) is 3.89. The van der Waals surface area contributed by atoms with E-state index in [1.807, 2.05) is 0 Å². The number of hydrogen-bond donors (Lipinski definition) is 2. The van der Waals surface area contributed by atoms with Crippen LogP contribution in [0.15, 0.2) is 6.20 Å². The summed E-state index contributed by atoms with van der Waals surface area (Å²) in [4.78, 5) is 3.19. The number of ether oxygens (including phenoxy) is 1. The van der Waals surface area contributed by atoms with Crippen LogP contribution in [-0.4, -0.2) is 11.3 Å². The molecule has 4 nitrogen and oxygen atoms in total. The number of halogens is 4. The van der Waals surface area contributed by atoms with Crippen molar-refractivity contribution in [3.05, 3.63) is 17.6 Å². The third-order valence-electron chi connectivity index (χ3n) is 1.53. The molecule has 0 saturated heterocycles. The van der Waals surface area contributed by atoms with Crippen molar-refractivity contribution in [3.8, 4) is 5.75 Å². The van der Waals surface area contributed by atoms with Gasteiger partial charge in [-0.3, -0.25) is 0 Å². The van der Waals surface area contributed by atoms with Crippen molar-refractivity contribution in [2.75, 3.05) is 5.73 Å². The minimum absolute atomic E-state index is 0.458. The van der Waals surface area contributed by atoms with Crippen LogP contribution in [-0.2, 0) is 6.54 Å². The smallest absolute Gasteiger partial charge is 0.401 e. The molecule has 0 aliphatic rings. The van der Waals surface area contributed by atoms with Crippen LogP contribution in [0.4, 0.5) is 23.4 Å². The zero-order valence-corrected chi connectivity index (χ0v) is 7.31. The highest BCUT2D eigenvalue weighted by Crippen LogP contribution is 2.31. The Hall–Kier alpha value is -1.57. The molecule has 0 bridgehead atoms. The molecule has 1 aromatic heterocycles. The molecule has 0 aliphatic carbocycles. The Kier molecular flexibility index (Phi) is 2.98. The van der Waals surface area contributed by atoms with E-state index in [1.54, 1.807) is 0 Å². The van der Waals surface area contributed by atoms with Gasteiger partial charge in [0.25, 0.3) is 0 Å². The molecule has 1 heterocycles. The number of hydrogen-bond acceptors (Lipinski definition) is 4. The van der Waals surface area contributed by atoms with E-state index in [0.29, 0.717) is 6.20 Å². The van der Waals surface area contributed by atoms with Gasteiger partial charge in [-0.15, -0.1) is 13.2 Å². The number of nitrogen functional groups attached to an aromatic ring is 1. The van der Waals surface area contributed by atoms with Crippen molar-refractivity contribution in [1.29, 1.82) is 0 Å². The summed E-state index contributed by atoms with van der Waals surface area (Å²) < 4.78 is 52.2. The molecule has 0 aromatic carbocycles. The van der Waals surface area contributed by atoms with Crippen LogP contribution in [0, 0.1) is 5.82 Å². The largest absolute Gasteiger partial charge is 0.573 e. The summed E-state index contributed by atoms with van der Waals surface area (Å²) >= 11 is 0. The van der Waals surface area contributed by atoms with Crippen LogP contribution in [0.2, 0.25) is 0 Å². The number of pyridine rings is 1. The lowest BCUT2D eigenvalue weighted by Gasteiger charge is -2.13. The van der Waals surface area contributed by atoms with Gasteiger partial charge in [0.1, 0.15) is 5.82 Å². The van der Waals surface area contributed by atoms with Gasteiger partial charge in [-0.1, -0.05) is 0 Å². The highest BCUT2D eigenvalue weighted by Gasteiger charge is 2.34. The van der Waals surface area contributed by atoms with E-state index in [2.05, 4.69) is 9.72 Å². The molecule has 0 amide bonds. The van der Waals surface area contributed by atoms with E-state index in [9.17, 15) is 17.6 Å². The third-order valence-corrected chi connectivity index (χ3v) is 1.53. The van der Waals surface area contributed by atoms with Crippen LogP contribution >= 0.6 is 0 Å². The summed E-state index contributed by atoms with van der Waals surface area (Å²) in [6, 6.07) is 0. The van der Waals surface area contributed by atoms with Gasteiger partial charge < -0.3 is 16.2 Å². The molecule has 15 heavy (non-hydrogen) atoms. The maximum absolute atomic E-state index is 13.0. The highest BCUT2D eigenvalue weighted by molar-refractivity contribution is 5.51. The Bertz CT molecular complexity index is 366. The minimum atomic E-state index is -4.96. The van der Waals surface area contributed by atoms with E-state index >= 15 is 0 Å². The molecular weight excluding hydrogens is 218 g/mol. The van der Waals surface area contributed by atoms with Gasteiger partial charge in [-0.25, -0.2) is 9.37 Å². The molecule has 0 spiro atoms. The lowest BCUT2D eigenvalue weighted by Crippen LogP contribution is -2.20. The van der Waals surface area contributed by atoms with Gasteiger partial charge in [0, 0.05) is 12.1 Å². The number of nitrogens with zero attached hydrogens (tertiary/aromatic N) is 1. The van der Waals surface area contributed by atoms with Gasteiger partial charge in [-0.2, -0.15) is 0 Å². The van der Waals surface area contributed by atoms with Gasteiger partial charge in [-0.05, 0) is 0 Å². The molecule has 0 aliphatic heterocycles. The van der Waals surface area contributed by atoms with E-state index in [-0.39, 0.29) is 0 Å². The second-order valence-corrected chi connectivity index (χ2v) is 2.55. The summed E-state index contributed by atoms with van der Waals surface area (Å²) in [7, 11) is 0. The Labute approximate surface area is 81.8 Å². The SMILES string of the molecule is NCc1c(F)cnc(N)c1OC(F)(F)F. The molecule has 0 radical (unpaired) electrons. The average molecular weight is 225 g/mol. The van der Waals surface area contributed by atoms with Crippen molar-refractivity contribution in [2.24, 2.45) is 5.73 Å². The number of aromatic nitrogens is 1. The topological polar surface area (TPSA) is 74.2 Å². The number of anilines is 1. The second-order valence-electron chi connectivity index (χ2n) is 2.55. The lowest BCUT2D eigenvalue weighted by molar-refractivity contribution is -0.274. The summed E-state index contributed by atoms with van der Waals surface area (Å²) in [6.45, 7) is -0.468. The molecule has 1 aromatic rings. The molecule has 84 valence electrons. The molecule has 0 atom stereocenters. The maximum atomic E-state index is 13.0. The molecule has 8 heteroatoms. The van der Waals surface area contributed by atoms with Crippen LogP contribution < -0.4 is 16.2 Å². The number of alkyl halides is 3. The summed E-state index contributed by atoms with van der Waals surface area (Å²) in [6.07, 6.45) is -4.28. The van der Waals surface area contributed by atoms with Crippen LogP contribution in [0.1, 0.15) is 5.56 Å². The summed E-state index contributed by atoms with van der Waals surface area (Å²) in [5.74, 6) is -2.44. The van der Waals surface area contributed by atoms with Gasteiger partial charge >= 0.3 is 6.36 Å². The quantitative estimate of drug-likeness (QED) is 0.740. The van der Waals surface area contributed by atoms with E-state index in [1.165, 1.54) is 0 Å². The van der Waals surface area contributed by atoms with Crippen LogP contribution in [0.25, 0.3) is 0 Å². The van der Waals surface area contributed by atoms with Crippen LogP contribution in [0.3, 0.4) is 0 Å². The fraction of sp³-hybridized carbons (Fsp3) is 0.286. The standard InChI is InChI=1S/C7H7F4N3O/c8-4-2-14-6(13)5(3(4)1-12)15-7(9,10)11/h2H,1,12H2,(H2,13,14). The summed E-state index contributed by atoms with van der Waals surface area (Å²) in [5, 5.41) is 0. The molecule has 0 saturated carbocycles. The lowest BCUT2D eigenvalue weighted by atomic mass is 10.2. The fourth-order valence-corrected chi connectivity index (χ4v) is 0.946. The molecule has 0 unspecified atom stereocenters. The molecular formula is C7H7F4N3O. The first-order valence-electron chi connectivity index (χ1n) is 3.74. The van der Waals surface area contributed by atoms with Gasteiger partial charge in [0.2, 0.25) is 0 Å². The summed E-state index contributed by atoms with van der Waals surface area (Å²) in [5.41, 5.74) is 9.72. The van der Waals surface area contributed by atoms with Crippen LogP contribution in [0.5, 0.6) is 5.75 Å². The molecule has 1 rings (SSSR count). The first-order valence-corrected chi connectivity index (χ1v) is 3.74. The predicted octanol–water partition coefficient (Wildman–Crippen LogP) is 1.16. The zero-order chi connectivity index (χ0) is 11.6. The minimum Gasteiger partial charge on any atom is -0.401 e. The monoisotopic (exact) mass is 225 g/mol. The Morgan fingerprint density at radius 2 is 2.00 bits per heavy atom. The Morgan fingerprint density at radius 3 is 2.47 bits per heavy atom. The predicted molar refractivity (Wildman–Crippen MR) is 43.2 cm³/mol. The number of rotatable bonds is 2. The van der Waals surface area contributed by atoms with E-state index in [4.69, 9.17) is 11.5 Å². The van der Waals surface area contributed by atoms with E-state index in [0.717, 1.165) is 0 Å². The van der Waals surface area contributed by atoms with Crippen molar-refractivity contribution < 1.29 is 22.3 Å².